The van der Waals surface area contributed by atoms with Gasteiger partial charge in [0.2, 0.25) is 0 Å². The second kappa shape index (κ2) is 5.97. The second-order valence-corrected chi connectivity index (χ2v) is 7.41. The van der Waals surface area contributed by atoms with E-state index < -0.39 is 0 Å². The lowest BCUT2D eigenvalue weighted by Gasteiger charge is -2.43. The molecule has 1 aromatic heterocycles. The summed E-state index contributed by atoms with van der Waals surface area (Å²) in [5.41, 5.74) is 2.30. The third kappa shape index (κ3) is 2.82. The lowest BCUT2D eigenvalue weighted by atomic mass is 9.83. The van der Waals surface area contributed by atoms with E-state index in [-0.39, 0.29) is 5.56 Å². The van der Waals surface area contributed by atoms with Gasteiger partial charge in [-0.25, -0.2) is 0 Å². The van der Waals surface area contributed by atoms with Gasteiger partial charge in [-0.05, 0) is 30.5 Å². The minimum absolute atomic E-state index is 0.125. The summed E-state index contributed by atoms with van der Waals surface area (Å²) in [5, 5.41) is 1.45. The average Bonchev–Trinajstić information content (AvgIpc) is 2.52. The number of hydrogen-bond acceptors (Lipinski definition) is 2. The number of piperidine rings is 1. The van der Waals surface area contributed by atoms with Crippen molar-refractivity contribution < 1.29 is 0 Å². The van der Waals surface area contributed by atoms with Crippen LogP contribution in [0.4, 0.5) is 0 Å². The van der Waals surface area contributed by atoms with Crippen LogP contribution in [0.2, 0.25) is 10.0 Å². The van der Waals surface area contributed by atoms with Crippen LogP contribution >= 0.6 is 23.2 Å². The van der Waals surface area contributed by atoms with E-state index in [0.29, 0.717) is 11.8 Å². The van der Waals surface area contributed by atoms with E-state index in [2.05, 4.69) is 11.0 Å². The van der Waals surface area contributed by atoms with Crippen molar-refractivity contribution in [3.05, 3.63) is 68.1 Å². The molecule has 0 spiro atoms. The Morgan fingerprint density at radius 2 is 1.74 bits per heavy atom. The number of nitrogens with zero attached hydrogens (tertiary/aromatic N) is 2. The Balaban J connectivity index is 1.60. The van der Waals surface area contributed by atoms with Crippen molar-refractivity contribution in [2.24, 2.45) is 5.92 Å². The zero-order valence-corrected chi connectivity index (χ0v) is 14.2. The lowest BCUT2D eigenvalue weighted by molar-refractivity contribution is 0.114. The van der Waals surface area contributed by atoms with Gasteiger partial charge in [0, 0.05) is 59.5 Å². The molecular weight excluding hydrogens is 331 g/mol. The Hall–Kier alpha value is -1.29. The third-order valence-corrected chi connectivity index (χ3v) is 5.71. The summed E-state index contributed by atoms with van der Waals surface area (Å²) in [5.74, 6) is 0.931. The standard InChI is InChI=1S/C18H18Cl2N2O/c19-15-3-1-4-16(20)14(15)11-21-8-12-7-13(10-21)17-5-2-6-18(23)22(17)9-12/h1-6,12-13H,7-11H2/t12-,13+/m1/s1. The predicted molar refractivity (Wildman–Crippen MR) is 93.3 cm³/mol. The number of rotatable bonds is 2. The van der Waals surface area contributed by atoms with Crippen molar-refractivity contribution in [3.8, 4) is 0 Å². The fraction of sp³-hybridized carbons (Fsp3) is 0.389. The van der Waals surface area contributed by atoms with E-state index in [1.54, 1.807) is 6.07 Å². The number of pyridine rings is 1. The summed E-state index contributed by atoms with van der Waals surface area (Å²) in [6.07, 6.45) is 1.16. The van der Waals surface area contributed by atoms with E-state index in [0.717, 1.165) is 48.2 Å². The molecule has 3 nitrogen and oxygen atoms in total. The number of likely N-dealkylation sites (tertiary alicyclic amines) is 1. The van der Waals surface area contributed by atoms with Crippen LogP contribution in [-0.2, 0) is 13.1 Å². The first-order chi connectivity index (χ1) is 11.1. The molecule has 23 heavy (non-hydrogen) atoms. The monoisotopic (exact) mass is 348 g/mol. The van der Waals surface area contributed by atoms with E-state index in [1.807, 2.05) is 28.8 Å². The summed E-state index contributed by atoms with van der Waals surface area (Å²) in [6.45, 7) is 3.52. The SMILES string of the molecule is O=c1cccc2n1C[C@@H]1C[C@H]2CN(Cc2c(Cl)cccc2Cl)C1. The van der Waals surface area contributed by atoms with Gasteiger partial charge in [0.05, 0.1) is 0 Å². The molecule has 0 amide bonds. The molecule has 0 N–H and O–H groups in total. The van der Waals surface area contributed by atoms with Gasteiger partial charge in [-0.3, -0.25) is 9.69 Å². The summed E-state index contributed by atoms with van der Waals surface area (Å²) in [4.78, 5) is 14.5. The molecule has 5 heteroatoms. The maximum atomic E-state index is 12.1. The fourth-order valence-electron chi connectivity index (χ4n) is 4.03. The fourth-order valence-corrected chi connectivity index (χ4v) is 4.55. The summed E-state index contributed by atoms with van der Waals surface area (Å²) < 4.78 is 1.96. The molecule has 4 rings (SSSR count). The average molecular weight is 349 g/mol. The molecule has 3 heterocycles. The zero-order chi connectivity index (χ0) is 16.0. The topological polar surface area (TPSA) is 25.2 Å². The Bertz CT molecular complexity index is 782. The number of halogens is 2. The van der Waals surface area contributed by atoms with Crippen LogP contribution in [0.5, 0.6) is 0 Å². The molecule has 0 unspecified atom stereocenters. The van der Waals surface area contributed by atoms with Crippen LogP contribution in [0.3, 0.4) is 0 Å². The molecule has 1 aromatic carbocycles. The summed E-state index contributed by atoms with van der Waals surface area (Å²) >= 11 is 12.6. The molecule has 2 bridgehead atoms. The van der Waals surface area contributed by atoms with Crippen molar-refractivity contribution >= 4 is 23.2 Å². The Morgan fingerprint density at radius 3 is 2.52 bits per heavy atom. The minimum Gasteiger partial charge on any atom is -0.312 e. The normalized spacial score (nSPS) is 23.6. The molecule has 2 atom stereocenters. The van der Waals surface area contributed by atoms with Crippen LogP contribution < -0.4 is 5.56 Å². The molecule has 2 aliphatic rings. The number of fused-ring (bicyclic) bond motifs is 4. The van der Waals surface area contributed by atoms with Gasteiger partial charge in [0.15, 0.2) is 0 Å². The zero-order valence-electron chi connectivity index (χ0n) is 12.7. The number of benzene rings is 1. The van der Waals surface area contributed by atoms with E-state index in [9.17, 15) is 4.79 Å². The Kier molecular flexibility index (Phi) is 3.96. The highest BCUT2D eigenvalue weighted by Gasteiger charge is 2.34. The molecule has 0 radical (unpaired) electrons. The minimum atomic E-state index is 0.125. The first kappa shape index (κ1) is 15.3. The highest BCUT2D eigenvalue weighted by Crippen LogP contribution is 2.36. The Labute approximate surface area is 145 Å². The molecule has 120 valence electrons. The highest BCUT2D eigenvalue weighted by atomic mass is 35.5. The first-order valence-corrected chi connectivity index (χ1v) is 8.72. The van der Waals surface area contributed by atoms with Crippen molar-refractivity contribution in [1.29, 1.82) is 0 Å². The van der Waals surface area contributed by atoms with Crippen molar-refractivity contribution in [1.82, 2.24) is 9.47 Å². The first-order valence-electron chi connectivity index (χ1n) is 7.97. The molecular formula is C18H18Cl2N2O. The maximum absolute atomic E-state index is 12.1. The quantitative estimate of drug-likeness (QED) is 0.825. The largest absolute Gasteiger partial charge is 0.312 e. The molecule has 0 saturated carbocycles. The van der Waals surface area contributed by atoms with Crippen molar-refractivity contribution in [2.45, 2.75) is 25.4 Å². The van der Waals surface area contributed by atoms with Gasteiger partial charge in [0.1, 0.15) is 0 Å². The van der Waals surface area contributed by atoms with Crippen LogP contribution in [0, 0.1) is 5.92 Å². The van der Waals surface area contributed by atoms with Gasteiger partial charge < -0.3 is 4.57 Å². The van der Waals surface area contributed by atoms with Gasteiger partial charge >= 0.3 is 0 Å². The lowest BCUT2D eigenvalue weighted by Crippen LogP contribution is -2.46. The number of aromatic nitrogens is 1. The van der Waals surface area contributed by atoms with Crippen LogP contribution in [-0.4, -0.2) is 22.6 Å². The van der Waals surface area contributed by atoms with Gasteiger partial charge in [-0.2, -0.15) is 0 Å². The van der Waals surface area contributed by atoms with Crippen molar-refractivity contribution in [3.63, 3.8) is 0 Å². The predicted octanol–water partition coefficient (Wildman–Crippen LogP) is 3.77. The van der Waals surface area contributed by atoms with Gasteiger partial charge in [-0.1, -0.05) is 35.3 Å². The maximum Gasteiger partial charge on any atom is 0.250 e. The summed E-state index contributed by atoms with van der Waals surface area (Å²) in [6, 6.07) is 11.3. The Morgan fingerprint density at radius 1 is 1.00 bits per heavy atom. The van der Waals surface area contributed by atoms with Crippen LogP contribution in [0.25, 0.3) is 0 Å². The molecule has 2 aliphatic heterocycles. The van der Waals surface area contributed by atoms with Crippen molar-refractivity contribution in [2.75, 3.05) is 13.1 Å². The molecule has 2 aromatic rings. The second-order valence-electron chi connectivity index (χ2n) is 6.59. The van der Waals surface area contributed by atoms with Gasteiger partial charge in [-0.15, -0.1) is 0 Å². The smallest absolute Gasteiger partial charge is 0.250 e. The molecule has 0 aliphatic carbocycles. The molecule has 1 saturated heterocycles. The van der Waals surface area contributed by atoms with Crippen LogP contribution in [0.1, 0.15) is 23.6 Å². The van der Waals surface area contributed by atoms with E-state index >= 15 is 0 Å². The van der Waals surface area contributed by atoms with Crippen LogP contribution in [0.15, 0.2) is 41.2 Å². The van der Waals surface area contributed by atoms with E-state index in [1.165, 1.54) is 5.69 Å². The third-order valence-electron chi connectivity index (χ3n) is 5.00. The van der Waals surface area contributed by atoms with Gasteiger partial charge in [0.25, 0.3) is 5.56 Å². The number of hydrogen-bond donors (Lipinski definition) is 0. The molecule has 1 fully saturated rings. The summed E-state index contributed by atoms with van der Waals surface area (Å²) in [7, 11) is 0. The highest BCUT2D eigenvalue weighted by molar-refractivity contribution is 6.35. The van der Waals surface area contributed by atoms with E-state index in [4.69, 9.17) is 23.2 Å².